The van der Waals surface area contributed by atoms with Crippen molar-refractivity contribution >= 4 is 22.0 Å². The molecule has 4 saturated heterocycles. The molecular formula is C36H42N2O7S. The molecule has 2 bridgehead atoms. The van der Waals surface area contributed by atoms with Gasteiger partial charge in [-0.3, -0.25) is 14.5 Å². The zero-order valence-corrected chi connectivity index (χ0v) is 27.1. The highest BCUT2D eigenvalue weighted by Gasteiger charge is 2.37. The number of fused-ring (bicyclic) bond motifs is 3. The number of carbonyl (C=O) groups excluding carboxylic acids is 2. The van der Waals surface area contributed by atoms with Gasteiger partial charge in [0, 0.05) is 25.6 Å². The number of rotatable bonds is 11. The number of nitrogens with zero attached hydrogens (tertiary/aromatic N) is 2. The molecule has 10 heteroatoms. The van der Waals surface area contributed by atoms with Crippen LogP contribution in [-0.2, 0) is 35.7 Å². The Kier molecular flexibility index (Phi) is 10.1. The Morgan fingerprint density at radius 2 is 1.54 bits per heavy atom. The van der Waals surface area contributed by atoms with E-state index < -0.39 is 10.0 Å². The number of ether oxygens (including phenoxy) is 3. The van der Waals surface area contributed by atoms with E-state index in [9.17, 15) is 18.0 Å². The quantitative estimate of drug-likeness (QED) is 0.269. The molecule has 0 radical (unpaired) electrons. The Morgan fingerprint density at radius 1 is 0.848 bits per heavy atom. The maximum absolute atomic E-state index is 13.3. The van der Waals surface area contributed by atoms with E-state index in [0.29, 0.717) is 24.5 Å². The summed E-state index contributed by atoms with van der Waals surface area (Å²) >= 11 is 0. The molecule has 9 nitrogen and oxygen atoms in total. The van der Waals surface area contributed by atoms with Crippen molar-refractivity contribution in [1.82, 2.24) is 9.21 Å². The third-order valence-corrected chi connectivity index (χ3v) is 11.6. The molecule has 46 heavy (non-hydrogen) atoms. The summed E-state index contributed by atoms with van der Waals surface area (Å²) in [5.41, 5.74) is 2.83. The summed E-state index contributed by atoms with van der Waals surface area (Å²) in [6.07, 6.45) is 3.30. The average molecular weight is 647 g/mol. The van der Waals surface area contributed by atoms with E-state index in [4.69, 9.17) is 14.2 Å². The van der Waals surface area contributed by atoms with Crippen LogP contribution in [-0.4, -0.2) is 75.5 Å². The molecule has 3 aromatic carbocycles. The Hall–Kier alpha value is -3.73. The standard InChI is InChI=1S/C36H42N2O7S/c1-43-36(40)29-16-20-38(21-17-29)46(41,42)32-12-10-26(11-13-32)25-44-31-9-5-8-30(22-31)33(27-6-3-2-4-7-27)23-35(39)45-34-24-37-18-14-28(34)15-19-37/h2-13,22,28-29,33-34H,14-21,23-25H2,1H3/t33-,34-/m0/s1. The zero-order valence-electron chi connectivity index (χ0n) is 26.3. The monoisotopic (exact) mass is 646 g/mol. The molecule has 0 unspecified atom stereocenters. The van der Waals surface area contributed by atoms with Gasteiger partial charge in [0.15, 0.2) is 0 Å². The first-order valence-electron chi connectivity index (χ1n) is 16.2. The molecule has 0 N–H and O–H groups in total. The van der Waals surface area contributed by atoms with Crippen molar-refractivity contribution in [2.24, 2.45) is 11.8 Å². The molecule has 4 fully saturated rings. The van der Waals surface area contributed by atoms with Crippen molar-refractivity contribution in [3.05, 3.63) is 95.6 Å². The number of esters is 2. The van der Waals surface area contributed by atoms with Gasteiger partial charge in [-0.05, 0) is 85.6 Å². The smallest absolute Gasteiger partial charge is 0.308 e. The second-order valence-electron chi connectivity index (χ2n) is 12.5. The summed E-state index contributed by atoms with van der Waals surface area (Å²) < 4.78 is 44.8. The van der Waals surface area contributed by atoms with Gasteiger partial charge in [0.2, 0.25) is 10.0 Å². The summed E-state index contributed by atoms with van der Waals surface area (Å²) in [4.78, 5) is 27.7. The minimum atomic E-state index is -3.67. The lowest BCUT2D eigenvalue weighted by molar-refractivity contribution is -0.159. The fourth-order valence-corrected chi connectivity index (χ4v) is 8.40. The third kappa shape index (κ3) is 7.45. The lowest BCUT2D eigenvalue weighted by Crippen LogP contribution is -2.52. The van der Waals surface area contributed by atoms with E-state index in [-0.39, 0.29) is 60.9 Å². The van der Waals surface area contributed by atoms with Gasteiger partial charge in [0.25, 0.3) is 0 Å². The summed E-state index contributed by atoms with van der Waals surface area (Å²) in [7, 11) is -2.31. The molecule has 4 heterocycles. The van der Waals surface area contributed by atoms with Crippen molar-refractivity contribution in [2.75, 3.05) is 39.8 Å². The topological polar surface area (TPSA) is 102 Å². The van der Waals surface area contributed by atoms with Crippen LogP contribution in [0.15, 0.2) is 83.8 Å². The van der Waals surface area contributed by atoms with Crippen LogP contribution in [0.3, 0.4) is 0 Å². The van der Waals surface area contributed by atoms with Crippen LogP contribution in [0.1, 0.15) is 54.7 Å². The molecule has 7 rings (SSSR count). The first kappa shape index (κ1) is 32.2. The van der Waals surface area contributed by atoms with Gasteiger partial charge >= 0.3 is 11.9 Å². The summed E-state index contributed by atoms with van der Waals surface area (Å²) in [5, 5.41) is 0. The Morgan fingerprint density at radius 3 is 2.20 bits per heavy atom. The molecule has 244 valence electrons. The van der Waals surface area contributed by atoms with Gasteiger partial charge in [-0.15, -0.1) is 0 Å². The number of methoxy groups -OCH3 is 1. The molecular weight excluding hydrogens is 604 g/mol. The Labute approximate surface area is 271 Å². The van der Waals surface area contributed by atoms with E-state index in [2.05, 4.69) is 4.90 Å². The lowest BCUT2D eigenvalue weighted by Gasteiger charge is -2.44. The van der Waals surface area contributed by atoms with E-state index in [1.54, 1.807) is 24.3 Å². The molecule has 4 aliphatic rings. The number of hydrogen-bond donors (Lipinski definition) is 0. The first-order valence-corrected chi connectivity index (χ1v) is 17.6. The third-order valence-electron chi connectivity index (χ3n) is 9.67. The number of carbonyl (C=O) groups is 2. The van der Waals surface area contributed by atoms with Gasteiger partial charge in [0.1, 0.15) is 18.5 Å². The predicted octanol–water partition coefficient (Wildman–Crippen LogP) is 5.00. The van der Waals surface area contributed by atoms with E-state index >= 15 is 0 Å². The molecule has 0 amide bonds. The van der Waals surface area contributed by atoms with Crippen LogP contribution >= 0.6 is 0 Å². The van der Waals surface area contributed by atoms with Crippen LogP contribution in [0.2, 0.25) is 0 Å². The van der Waals surface area contributed by atoms with Crippen molar-refractivity contribution in [1.29, 1.82) is 0 Å². The van der Waals surface area contributed by atoms with Crippen LogP contribution in [0, 0.1) is 11.8 Å². The maximum Gasteiger partial charge on any atom is 0.308 e. The number of hydrogen-bond acceptors (Lipinski definition) is 8. The van der Waals surface area contributed by atoms with E-state index in [1.807, 2.05) is 54.6 Å². The van der Waals surface area contributed by atoms with Crippen LogP contribution in [0.4, 0.5) is 0 Å². The second kappa shape index (κ2) is 14.4. The van der Waals surface area contributed by atoms with Crippen molar-refractivity contribution < 1.29 is 32.2 Å². The molecule has 0 saturated carbocycles. The molecule has 0 aliphatic carbocycles. The van der Waals surface area contributed by atoms with Gasteiger partial charge in [-0.1, -0.05) is 54.6 Å². The molecule has 3 aromatic rings. The number of sulfonamides is 1. The SMILES string of the molecule is COC(=O)C1CCN(S(=O)(=O)c2ccc(COc3cccc([C@@H](CC(=O)O[C@H]4CN5CCC4CC5)c4ccccc4)c3)cc2)CC1. The highest BCUT2D eigenvalue weighted by molar-refractivity contribution is 7.89. The van der Waals surface area contributed by atoms with Crippen molar-refractivity contribution in [2.45, 2.75) is 55.6 Å². The Bertz CT molecular complexity index is 1600. The molecule has 2 atom stereocenters. The minimum Gasteiger partial charge on any atom is -0.489 e. The Balaban J connectivity index is 1.09. The van der Waals surface area contributed by atoms with E-state index in [1.165, 1.54) is 11.4 Å². The van der Waals surface area contributed by atoms with Crippen molar-refractivity contribution in [3.63, 3.8) is 0 Å². The number of benzene rings is 3. The molecule has 4 aliphatic heterocycles. The zero-order chi connectivity index (χ0) is 32.1. The normalized spacial score (nSPS) is 22.6. The summed E-state index contributed by atoms with van der Waals surface area (Å²) in [6, 6.07) is 24.5. The van der Waals surface area contributed by atoms with Crippen LogP contribution in [0.5, 0.6) is 5.75 Å². The lowest BCUT2D eigenvalue weighted by atomic mass is 9.85. The minimum absolute atomic E-state index is 0.0266. The van der Waals surface area contributed by atoms with Crippen LogP contribution < -0.4 is 4.74 Å². The second-order valence-corrected chi connectivity index (χ2v) is 14.5. The van der Waals surface area contributed by atoms with Gasteiger partial charge in [-0.2, -0.15) is 4.31 Å². The van der Waals surface area contributed by atoms with Gasteiger partial charge in [0.05, 0.1) is 24.3 Å². The first-order chi connectivity index (χ1) is 22.3. The highest BCUT2D eigenvalue weighted by Crippen LogP contribution is 2.34. The predicted molar refractivity (Wildman–Crippen MR) is 173 cm³/mol. The maximum atomic E-state index is 13.3. The van der Waals surface area contributed by atoms with Crippen molar-refractivity contribution in [3.8, 4) is 5.75 Å². The fraction of sp³-hybridized carbons (Fsp3) is 0.444. The summed E-state index contributed by atoms with van der Waals surface area (Å²) in [6.45, 7) is 3.85. The largest absolute Gasteiger partial charge is 0.489 e. The molecule has 0 spiro atoms. The highest BCUT2D eigenvalue weighted by atomic mass is 32.2. The fourth-order valence-electron chi connectivity index (χ4n) is 6.93. The molecule has 0 aromatic heterocycles. The van der Waals surface area contributed by atoms with E-state index in [0.717, 1.165) is 49.2 Å². The van der Waals surface area contributed by atoms with Gasteiger partial charge in [-0.25, -0.2) is 8.42 Å². The number of piperidine rings is 4. The van der Waals surface area contributed by atoms with Crippen LogP contribution in [0.25, 0.3) is 0 Å². The van der Waals surface area contributed by atoms with Gasteiger partial charge < -0.3 is 14.2 Å². The average Bonchev–Trinajstić information content (AvgIpc) is 3.10. The summed E-state index contributed by atoms with van der Waals surface area (Å²) in [5.74, 6) is 0.211.